The minimum atomic E-state index is -0.136. The molecule has 10 heteroatoms. The second-order valence-electron chi connectivity index (χ2n) is 9.47. The number of amides is 1. The molecule has 1 aliphatic rings. The van der Waals surface area contributed by atoms with Gasteiger partial charge in [-0.2, -0.15) is 0 Å². The summed E-state index contributed by atoms with van der Waals surface area (Å²) in [5, 5.41) is 3.35. The maximum absolute atomic E-state index is 12.2. The largest absolute Gasteiger partial charge is 0.457 e. The Morgan fingerprint density at radius 1 is 1.23 bits per heavy atom. The summed E-state index contributed by atoms with van der Waals surface area (Å²) in [6.07, 6.45) is 9.58. The average molecular weight is 522 g/mol. The Morgan fingerprint density at radius 3 is 2.97 bits per heavy atom. The maximum Gasteiger partial charge on any atom is 0.246 e. The number of likely N-dealkylation sites (tertiary alicyclic amines) is 1. The van der Waals surface area contributed by atoms with Crippen LogP contribution in [0.1, 0.15) is 30.1 Å². The Balaban J connectivity index is 1.21. The first-order valence-corrected chi connectivity index (χ1v) is 12.7. The summed E-state index contributed by atoms with van der Waals surface area (Å²) in [7, 11) is 1.96. The first-order chi connectivity index (χ1) is 19.0. The van der Waals surface area contributed by atoms with Crippen LogP contribution < -0.4 is 10.1 Å². The van der Waals surface area contributed by atoms with E-state index in [1.165, 1.54) is 12.4 Å². The lowest BCUT2D eigenvalue weighted by Gasteiger charge is -2.21. The van der Waals surface area contributed by atoms with E-state index in [1.807, 2.05) is 54.9 Å². The predicted molar refractivity (Wildman–Crippen MR) is 147 cm³/mol. The van der Waals surface area contributed by atoms with Crippen LogP contribution in [0.5, 0.6) is 11.5 Å². The molecule has 0 bridgehead atoms. The molecule has 1 aliphatic heterocycles. The van der Waals surface area contributed by atoms with Crippen LogP contribution in [-0.4, -0.2) is 41.9 Å². The Kier molecular flexibility index (Phi) is 6.28. The van der Waals surface area contributed by atoms with Gasteiger partial charge in [0.2, 0.25) is 11.8 Å². The smallest absolute Gasteiger partial charge is 0.246 e. The molecule has 2 aromatic carbocycles. The van der Waals surface area contributed by atoms with Crippen LogP contribution in [0.3, 0.4) is 0 Å². The van der Waals surface area contributed by atoms with Crippen LogP contribution in [0.15, 0.2) is 78.6 Å². The number of anilines is 2. The van der Waals surface area contributed by atoms with Crippen molar-refractivity contribution in [3.05, 3.63) is 85.4 Å². The minimum Gasteiger partial charge on any atom is -0.457 e. The van der Waals surface area contributed by atoms with E-state index in [-0.39, 0.29) is 11.9 Å². The Bertz CT molecular complexity index is 1690. The normalized spacial score (nSPS) is 15.0. The van der Waals surface area contributed by atoms with Gasteiger partial charge in [0.25, 0.3) is 0 Å². The van der Waals surface area contributed by atoms with Gasteiger partial charge in [0.05, 0.1) is 29.0 Å². The van der Waals surface area contributed by atoms with Gasteiger partial charge in [0, 0.05) is 31.5 Å². The number of imidazole rings is 1. The van der Waals surface area contributed by atoms with Crippen LogP contribution in [0.4, 0.5) is 11.5 Å². The minimum absolute atomic E-state index is 0.104. The summed E-state index contributed by atoms with van der Waals surface area (Å²) < 4.78 is 13.9. The molecule has 1 unspecified atom stereocenters. The van der Waals surface area contributed by atoms with Crippen molar-refractivity contribution in [2.24, 2.45) is 7.05 Å². The first-order valence-electron chi connectivity index (χ1n) is 12.7. The molecule has 0 saturated carbocycles. The molecule has 1 saturated heterocycles. The first kappa shape index (κ1) is 24.4. The predicted octanol–water partition coefficient (Wildman–Crippen LogP) is 5.71. The van der Waals surface area contributed by atoms with Crippen molar-refractivity contribution in [3.8, 4) is 23.0 Å². The lowest BCUT2D eigenvalue weighted by Crippen LogP contribution is -2.28. The summed E-state index contributed by atoms with van der Waals surface area (Å²) in [6, 6.07) is 11.5. The SMILES string of the molecule is C=CC(=O)N1CCCC1c1coc(-c2cncnc2Nc2ccc(Oc3ccc4c(c3)ncn4C)c(C)c2)n1. The van der Waals surface area contributed by atoms with Gasteiger partial charge in [0.15, 0.2) is 0 Å². The molecule has 39 heavy (non-hydrogen) atoms. The molecule has 1 amide bonds. The van der Waals surface area contributed by atoms with Gasteiger partial charge < -0.3 is 23.9 Å². The fraction of sp³-hybridized carbons (Fsp3) is 0.207. The van der Waals surface area contributed by atoms with E-state index in [2.05, 4.69) is 26.8 Å². The van der Waals surface area contributed by atoms with Gasteiger partial charge in [-0.25, -0.2) is 19.9 Å². The molecule has 1 atom stereocenters. The van der Waals surface area contributed by atoms with Crippen molar-refractivity contribution < 1.29 is 13.9 Å². The number of oxazole rings is 1. The third-order valence-corrected chi connectivity index (χ3v) is 6.88. The van der Waals surface area contributed by atoms with Gasteiger partial charge >= 0.3 is 0 Å². The van der Waals surface area contributed by atoms with Crippen LogP contribution in [0.25, 0.3) is 22.5 Å². The van der Waals surface area contributed by atoms with Crippen molar-refractivity contribution in [1.82, 2.24) is 29.4 Å². The number of aryl methyl sites for hydroxylation is 2. The van der Waals surface area contributed by atoms with E-state index in [4.69, 9.17) is 14.1 Å². The van der Waals surface area contributed by atoms with Crippen LogP contribution >= 0.6 is 0 Å². The second-order valence-corrected chi connectivity index (χ2v) is 9.47. The molecule has 5 aromatic rings. The third-order valence-electron chi connectivity index (χ3n) is 6.88. The number of carbonyl (C=O) groups excluding carboxylic acids is 1. The molecule has 4 heterocycles. The zero-order valence-electron chi connectivity index (χ0n) is 21.7. The lowest BCUT2D eigenvalue weighted by molar-refractivity contribution is -0.126. The number of aromatic nitrogens is 5. The number of nitrogens with zero attached hydrogens (tertiary/aromatic N) is 6. The number of hydrogen-bond acceptors (Lipinski definition) is 8. The summed E-state index contributed by atoms with van der Waals surface area (Å²) >= 11 is 0. The molecule has 0 aliphatic carbocycles. The van der Waals surface area contributed by atoms with Crippen LogP contribution in [-0.2, 0) is 11.8 Å². The Labute approximate surface area is 225 Å². The topological polar surface area (TPSA) is 111 Å². The van der Waals surface area contributed by atoms with Gasteiger partial charge in [-0.3, -0.25) is 4.79 Å². The number of carbonyl (C=O) groups is 1. The standard InChI is InChI=1S/C29H27N7O3/c1-4-27(37)36-11-5-6-25(36)23-15-38-29(34-23)21-14-30-16-31-28(21)33-19-7-10-26(18(2)12-19)39-20-8-9-24-22(13-20)32-17-35(24)3/h4,7-10,12-17,25H,1,5-6,11H2,2-3H3,(H,30,31,33). The number of nitrogens with one attached hydrogen (secondary N) is 1. The Morgan fingerprint density at radius 2 is 2.13 bits per heavy atom. The number of ether oxygens (including phenoxy) is 1. The third kappa shape index (κ3) is 4.72. The molecule has 3 aromatic heterocycles. The van der Waals surface area contributed by atoms with E-state index in [0.717, 1.165) is 46.6 Å². The van der Waals surface area contributed by atoms with Crippen molar-refractivity contribution in [2.45, 2.75) is 25.8 Å². The zero-order valence-corrected chi connectivity index (χ0v) is 21.7. The maximum atomic E-state index is 12.2. The molecule has 1 fully saturated rings. The lowest BCUT2D eigenvalue weighted by atomic mass is 10.1. The van der Waals surface area contributed by atoms with Gasteiger partial charge in [-0.05, 0) is 61.7 Å². The molecular formula is C29H27N7O3. The zero-order chi connectivity index (χ0) is 26.9. The van der Waals surface area contributed by atoms with E-state index >= 15 is 0 Å². The Hall–Kier alpha value is -4.99. The number of fused-ring (bicyclic) bond motifs is 1. The molecular weight excluding hydrogens is 494 g/mol. The van der Waals surface area contributed by atoms with Crippen LogP contribution in [0.2, 0.25) is 0 Å². The fourth-order valence-corrected chi connectivity index (χ4v) is 4.89. The highest BCUT2D eigenvalue weighted by Gasteiger charge is 2.31. The second kappa shape index (κ2) is 10.1. The summed E-state index contributed by atoms with van der Waals surface area (Å²) in [5.41, 5.74) is 5.01. The molecule has 10 nitrogen and oxygen atoms in total. The molecule has 6 rings (SSSR count). The molecule has 0 radical (unpaired) electrons. The number of hydrogen-bond donors (Lipinski definition) is 1. The molecule has 0 spiro atoms. The highest BCUT2D eigenvalue weighted by atomic mass is 16.5. The highest BCUT2D eigenvalue weighted by Crippen LogP contribution is 2.35. The molecule has 1 N–H and O–H groups in total. The van der Waals surface area contributed by atoms with Gasteiger partial charge in [-0.1, -0.05) is 6.58 Å². The summed E-state index contributed by atoms with van der Waals surface area (Å²) in [4.78, 5) is 31.7. The average Bonchev–Trinajstić information content (AvgIpc) is 3.70. The number of benzene rings is 2. The monoisotopic (exact) mass is 521 g/mol. The summed E-state index contributed by atoms with van der Waals surface area (Å²) in [5.74, 6) is 2.29. The fourth-order valence-electron chi connectivity index (χ4n) is 4.89. The molecule has 196 valence electrons. The quantitative estimate of drug-likeness (QED) is 0.271. The van der Waals surface area contributed by atoms with E-state index in [1.54, 1.807) is 23.7 Å². The number of rotatable bonds is 7. The van der Waals surface area contributed by atoms with E-state index < -0.39 is 0 Å². The summed E-state index contributed by atoms with van der Waals surface area (Å²) in [6.45, 7) is 6.27. The highest BCUT2D eigenvalue weighted by molar-refractivity contribution is 5.87. The van der Waals surface area contributed by atoms with Gasteiger partial charge in [-0.15, -0.1) is 0 Å². The van der Waals surface area contributed by atoms with Crippen LogP contribution in [0, 0.1) is 6.92 Å². The van der Waals surface area contributed by atoms with Crippen molar-refractivity contribution >= 4 is 28.4 Å². The van der Waals surface area contributed by atoms with E-state index in [9.17, 15) is 4.79 Å². The van der Waals surface area contributed by atoms with Crippen molar-refractivity contribution in [1.29, 1.82) is 0 Å². The van der Waals surface area contributed by atoms with Crippen molar-refractivity contribution in [3.63, 3.8) is 0 Å². The van der Waals surface area contributed by atoms with Crippen molar-refractivity contribution in [2.75, 3.05) is 11.9 Å². The van der Waals surface area contributed by atoms with Gasteiger partial charge in [0.1, 0.15) is 35.6 Å². The van der Waals surface area contributed by atoms with E-state index in [0.29, 0.717) is 29.5 Å².